The number of amides is 1. The van der Waals surface area contributed by atoms with E-state index in [2.05, 4.69) is 15.6 Å². The lowest BCUT2D eigenvalue weighted by Crippen LogP contribution is -2.35. The third-order valence-electron chi connectivity index (χ3n) is 3.06. The lowest BCUT2D eigenvalue weighted by atomic mass is 10.1. The van der Waals surface area contributed by atoms with E-state index in [0.29, 0.717) is 6.54 Å². The van der Waals surface area contributed by atoms with Crippen molar-refractivity contribution in [2.24, 2.45) is 5.73 Å². The van der Waals surface area contributed by atoms with Crippen molar-refractivity contribution in [2.45, 2.75) is 12.5 Å². The minimum absolute atomic E-state index is 0.154. The number of aromatic nitrogens is 1. The van der Waals surface area contributed by atoms with Crippen molar-refractivity contribution in [1.29, 1.82) is 0 Å². The third kappa shape index (κ3) is 4.89. The van der Waals surface area contributed by atoms with Gasteiger partial charge in [-0.1, -0.05) is 36.4 Å². The van der Waals surface area contributed by atoms with Crippen LogP contribution in [0.3, 0.4) is 0 Å². The number of pyridine rings is 1. The summed E-state index contributed by atoms with van der Waals surface area (Å²) < 4.78 is 0. The van der Waals surface area contributed by atoms with Crippen molar-refractivity contribution in [1.82, 2.24) is 10.3 Å². The van der Waals surface area contributed by atoms with Crippen molar-refractivity contribution in [2.75, 3.05) is 18.4 Å². The molecule has 0 aliphatic heterocycles. The van der Waals surface area contributed by atoms with Crippen LogP contribution in [0, 0.1) is 0 Å². The number of rotatable bonds is 7. The van der Waals surface area contributed by atoms with Crippen LogP contribution in [0.1, 0.15) is 18.0 Å². The van der Waals surface area contributed by atoms with Crippen LogP contribution < -0.4 is 16.4 Å². The molecule has 2 rings (SSSR count). The van der Waals surface area contributed by atoms with Crippen molar-refractivity contribution in [3.05, 3.63) is 60.3 Å². The highest BCUT2D eigenvalue weighted by Gasteiger charge is 2.14. The molecule has 0 aliphatic carbocycles. The summed E-state index contributed by atoms with van der Waals surface area (Å²) in [6, 6.07) is 14.4. The number of carbonyl (C=O) groups is 1. The van der Waals surface area contributed by atoms with Crippen molar-refractivity contribution in [3.8, 4) is 0 Å². The first kappa shape index (κ1) is 15.0. The molecule has 0 saturated heterocycles. The number of nitrogens with one attached hydrogen (secondary N) is 2. The Morgan fingerprint density at radius 3 is 2.57 bits per heavy atom. The summed E-state index contributed by atoms with van der Waals surface area (Å²) in [7, 11) is 0. The van der Waals surface area contributed by atoms with Gasteiger partial charge in [0.15, 0.2) is 0 Å². The second kappa shape index (κ2) is 8.01. The molecule has 4 N–H and O–H groups in total. The zero-order valence-electron chi connectivity index (χ0n) is 11.8. The van der Waals surface area contributed by atoms with Gasteiger partial charge in [-0.05, 0) is 24.1 Å². The van der Waals surface area contributed by atoms with E-state index in [1.807, 2.05) is 48.5 Å². The first-order valence-electron chi connectivity index (χ1n) is 7.00. The smallest absolute Gasteiger partial charge is 0.241 e. The summed E-state index contributed by atoms with van der Waals surface area (Å²) in [5, 5.41) is 6.03. The van der Waals surface area contributed by atoms with E-state index < -0.39 is 6.04 Å². The molecule has 110 valence electrons. The fraction of sp³-hybridized carbons (Fsp3) is 0.250. The van der Waals surface area contributed by atoms with Gasteiger partial charge in [-0.2, -0.15) is 0 Å². The van der Waals surface area contributed by atoms with E-state index in [0.717, 1.165) is 24.3 Å². The van der Waals surface area contributed by atoms with Crippen LogP contribution in [0.2, 0.25) is 0 Å². The number of benzene rings is 1. The number of nitrogens with zero attached hydrogens (tertiary/aromatic N) is 1. The van der Waals surface area contributed by atoms with Gasteiger partial charge in [-0.3, -0.25) is 4.79 Å². The summed E-state index contributed by atoms with van der Waals surface area (Å²) in [5.41, 5.74) is 6.73. The number of hydrogen-bond donors (Lipinski definition) is 3. The predicted octanol–water partition coefficient (Wildman–Crippen LogP) is 1.70. The van der Waals surface area contributed by atoms with Gasteiger partial charge in [-0.25, -0.2) is 4.98 Å². The second-order valence-corrected chi connectivity index (χ2v) is 4.67. The van der Waals surface area contributed by atoms with E-state index in [9.17, 15) is 4.79 Å². The van der Waals surface area contributed by atoms with E-state index in [1.54, 1.807) is 6.20 Å². The number of nitrogens with two attached hydrogens (primary N) is 1. The first-order valence-corrected chi connectivity index (χ1v) is 7.00. The van der Waals surface area contributed by atoms with Gasteiger partial charge >= 0.3 is 0 Å². The van der Waals surface area contributed by atoms with E-state index >= 15 is 0 Å². The zero-order valence-corrected chi connectivity index (χ0v) is 11.8. The SMILES string of the molecule is NC(C(=O)NCCCNc1ccccn1)c1ccccc1. The second-order valence-electron chi connectivity index (χ2n) is 4.67. The van der Waals surface area contributed by atoms with Crippen LogP contribution in [-0.4, -0.2) is 24.0 Å². The normalized spacial score (nSPS) is 11.7. The fourth-order valence-corrected chi connectivity index (χ4v) is 1.91. The standard InChI is InChI=1S/C16H20N4O/c17-15(13-7-2-1-3-8-13)16(21)20-12-6-11-19-14-9-4-5-10-18-14/h1-5,7-10,15H,6,11-12,17H2,(H,18,19)(H,20,21). The topological polar surface area (TPSA) is 80.0 Å². The summed E-state index contributed by atoms with van der Waals surface area (Å²) in [6.07, 6.45) is 2.55. The molecule has 1 aromatic heterocycles. The molecule has 1 atom stereocenters. The van der Waals surface area contributed by atoms with E-state index in [4.69, 9.17) is 5.73 Å². The van der Waals surface area contributed by atoms with Gasteiger partial charge in [0.05, 0.1) is 0 Å². The molecule has 5 heteroatoms. The largest absolute Gasteiger partial charge is 0.370 e. The van der Waals surface area contributed by atoms with Crippen molar-refractivity contribution < 1.29 is 4.79 Å². The van der Waals surface area contributed by atoms with Gasteiger partial charge in [-0.15, -0.1) is 0 Å². The molecule has 0 fully saturated rings. The molecule has 1 heterocycles. The van der Waals surface area contributed by atoms with E-state index in [1.165, 1.54) is 0 Å². The summed E-state index contributed by atoms with van der Waals surface area (Å²) in [4.78, 5) is 16.1. The first-order chi connectivity index (χ1) is 10.3. The molecule has 1 amide bonds. The fourth-order valence-electron chi connectivity index (χ4n) is 1.91. The highest BCUT2D eigenvalue weighted by atomic mass is 16.2. The maximum absolute atomic E-state index is 11.9. The van der Waals surface area contributed by atoms with Crippen LogP contribution in [0.5, 0.6) is 0 Å². The molecule has 1 aromatic carbocycles. The quantitative estimate of drug-likeness (QED) is 0.676. The number of anilines is 1. The Balaban J connectivity index is 1.65. The third-order valence-corrected chi connectivity index (χ3v) is 3.06. The van der Waals surface area contributed by atoms with Gasteiger partial charge in [0, 0.05) is 19.3 Å². The number of hydrogen-bond acceptors (Lipinski definition) is 4. The zero-order chi connectivity index (χ0) is 14.9. The predicted molar refractivity (Wildman–Crippen MR) is 83.7 cm³/mol. The van der Waals surface area contributed by atoms with Crippen LogP contribution in [0.4, 0.5) is 5.82 Å². The molecule has 0 spiro atoms. The summed E-state index contributed by atoms with van der Waals surface area (Å²) in [5.74, 6) is 0.684. The number of carbonyl (C=O) groups excluding carboxylic acids is 1. The van der Waals surface area contributed by atoms with Crippen molar-refractivity contribution in [3.63, 3.8) is 0 Å². The molecule has 0 aliphatic rings. The molecule has 2 aromatic rings. The minimum atomic E-state index is -0.616. The molecule has 5 nitrogen and oxygen atoms in total. The van der Waals surface area contributed by atoms with Gasteiger partial charge < -0.3 is 16.4 Å². The lowest BCUT2D eigenvalue weighted by molar-refractivity contribution is -0.122. The maximum atomic E-state index is 11.9. The molecular formula is C16H20N4O. The Labute approximate surface area is 124 Å². The Kier molecular flexibility index (Phi) is 5.72. The average molecular weight is 284 g/mol. The van der Waals surface area contributed by atoms with Gasteiger partial charge in [0.1, 0.15) is 11.9 Å². The summed E-state index contributed by atoms with van der Waals surface area (Å²) >= 11 is 0. The van der Waals surface area contributed by atoms with E-state index in [-0.39, 0.29) is 5.91 Å². The van der Waals surface area contributed by atoms with Crippen molar-refractivity contribution >= 4 is 11.7 Å². The Morgan fingerprint density at radius 1 is 1.10 bits per heavy atom. The lowest BCUT2D eigenvalue weighted by Gasteiger charge is -2.12. The average Bonchev–Trinajstić information content (AvgIpc) is 2.55. The highest BCUT2D eigenvalue weighted by Crippen LogP contribution is 2.09. The Hall–Kier alpha value is -2.40. The van der Waals surface area contributed by atoms with Gasteiger partial charge in [0.2, 0.25) is 5.91 Å². The Bertz CT molecular complexity index is 545. The minimum Gasteiger partial charge on any atom is -0.370 e. The maximum Gasteiger partial charge on any atom is 0.241 e. The van der Waals surface area contributed by atoms with Crippen LogP contribution in [0.15, 0.2) is 54.7 Å². The monoisotopic (exact) mass is 284 g/mol. The summed E-state index contributed by atoms with van der Waals surface area (Å²) in [6.45, 7) is 1.33. The molecular weight excluding hydrogens is 264 g/mol. The molecule has 1 unspecified atom stereocenters. The van der Waals surface area contributed by atoms with Crippen LogP contribution in [-0.2, 0) is 4.79 Å². The Morgan fingerprint density at radius 2 is 1.86 bits per heavy atom. The highest BCUT2D eigenvalue weighted by molar-refractivity contribution is 5.82. The van der Waals surface area contributed by atoms with Crippen LogP contribution in [0.25, 0.3) is 0 Å². The molecule has 0 bridgehead atoms. The molecule has 0 radical (unpaired) electrons. The molecule has 21 heavy (non-hydrogen) atoms. The van der Waals surface area contributed by atoms with Crippen LogP contribution >= 0.6 is 0 Å². The molecule has 0 saturated carbocycles. The van der Waals surface area contributed by atoms with Gasteiger partial charge in [0.25, 0.3) is 0 Å².